The minimum Gasteiger partial charge on any atom is -0.325 e. The second kappa shape index (κ2) is 6.92. The van der Waals surface area contributed by atoms with Crippen molar-refractivity contribution in [1.82, 2.24) is 4.72 Å². The van der Waals surface area contributed by atoms with E-state index in [0.717, 1.165) is 10.4 Å². The van der Waals surface area contributed by atoms with Crippen LogP contribution in [0.5, 0.6) is 0 Å². The summed E-state index contributed by atoms with van der Waals surface area (Å²) in [6.45, 7) is 1.77. The van der Waals surface area contributed by atoms with Gasteiger partial charge in [-0.15, -0.1) is 11.3 Å². The highest BCUT2D eigenvalue weighted by Gasteiger charge is 2.29. The Bertz CT molecular complexity index is 1080. The van der Waals surface area contributed by atoms with E-state index in [4.69, 9.17) is 0 Å². The number of thiophene rings is 1. The van der Waals surface area contributed by atoms with Crippen molar-refractivity contribution in [3.8, 4) is 0 Å². The first-order chi connectivity index (χ1) is 13.0. The molecule has 7 heteroatoms. The third kappa shape index (κ3) is 3.41. The number of sulfonamides is 1. The summed E-state index contributed by atoms with van der Waals surface area (Å²) in [4.78, 5) is 12.9. The minimum atomic E-state index is -3.78. The van der Waals surface area contributed by atoms with Gasteiger partial charge >= 0.3 is 0 Å². The van der Waals surface area contributed by atoms with Gasteiger partial charge in [0, 0.05) is 10.6 Å². The Morgan fingerprint density at radius 3 is 2.56 bits per heavy atom. The highest BCUT2D eigenvalue weighted by atomic mass is 32.2. The molecule has 0 aliphatic carbocycles. The lowest BCUT2D eigenvalue weighted by atomic mass is 10.0. The van der Waals surface area contributed by atoms with Gasteiger partial charge in [-0.25, -0.2) is 8.42 Å². The molecule has 1 aliphatic rings. The Balaban J connectivity index is 1.71. The van der Waals surface area contributed by atoms with Crippen LogP contribution in [-0.4, -0.2) is 14.3 Å². The maximum atomic E-state index is 13.1. The Morgan fingerprint density at radius 2 is 1.85 bits per heavy atom. The van der Waals surface area contributed by atoms with Gasteiger partial charge in [-0.2, -0.15) is 4.72 Å². The van der Waals surface area contributed by atoms with E-state index in [0.29, 0.717) is 11.3 Å². The van der Waals surface area contributed by atoms with Crippen molar-refractivity contribution in [2.75, 3.05) is 5.32 Å². The molecule has 0 saturated carbocycles. The van der Waals surface area contributed by atoms with Gasteiger partial charge in [-0.3, -0.25) is 4.79 Å². The molecule has 138 valence electrons. The summed E-state index contributed by atoms with van der Waals surface area (Å²) < 4.78 is 29.0. The summed E-state index contributed by atoms with van der Waals surface area (Å²) in [5.41, 5.74) is 2.24. The first-order valence-corrected chi connectivity index (χ1v) is 10.9. The van der Waals surface area contributed by atoms with Crippen LogP contribution < -0.4 is 10.0 Å². The molecule has 0 unspecified atom stereocenters. The number of amides is 1. The van der Waals surface area contributed by atoms with Gasteiger partial charge in [0.2, 0.25) is 15.9 Å². The topological polar surface area (TPSA) is 75.3 Å². The molecular weight excluding hydrogens is 380 g/mol. The summed E-state index contributed by atoms with van der Waals surface area (Å²) in [5, 5.41) is 4.69. The van der Waals surface area contributed by atoms with Gasteiger partial charge in [0.1, 0.15) is 0 Å². The molecule has 3 aromatic rings. The zero-order valence-corrected chi connectivity index (χ0v) is 16.2. The van der Waals surface area contributed by atoms with E-state index in [2.05, 4.69) is 10.0 Å². The van der Waals surface area contributed by atoms with Crippen LogP contribution in [0.1, 0.15) is 34.9 Å². The number of benzene rings is 2. The lowest BCUT2D eigenvalue weighted by Gasteiger charge is -2.18. The number of carbonyl (C=O) groups excluding carboxylic acids is 1. The monoisotopic (exact) mass is 398 g/mol. The van der Waals surface area contributed by atoms with E-state index in [-0.39, 0.29) is 16.7 Å². The van der Waals surface area contributed by atoms with Gasteiger partial charge in [0.25, 0.3) is 0 Å². The lowest BCUT2D eigenvalue weighted by molar-refractivity contribution is -0.116. The molecule has 1 amide bonds. The molecule has 5 nitrogen and oxygen atoms in total. The van der Waals surface area contributed by atoms with Crippen molar-refractivity contribution in [1.29, 1.82) is 0 Å². The summed E-state index contributed by atoms with van der Waals surface area (Å²) >= 11 is 1.50. The number of rotatable bonds is 5. The quantitative estimate of drug-likeness (QED) is 0.685. The molecule has 2 N–H and O–H groups in total. The van der Waals surface area contributed by atoms with Crippen molar-refractivity contribution in [3.63, 3.8) is 0 Å². The smallest absolute Gasteiger partial charge is 0.241 e. The molecule has 2 heterocycles. The van der Waals surface area contributed by atoms with E-state index >= 15 is 0 Å². The predicted octanol–water partition coefficient (Wildman–Crippen LogP) is 3.87. The van der Waals surface area contributed by atoms with E-state index in [1.807, 2.05) is 47.8 Å². The number of hydrogen-bond acceptors (Lipinski definition) is 4. The Morgan fingerprint density at radius 1 is 1.07 bits per heavy atom. The molecule has 0 saturated heterocycles. The molecule has 0 fully saturated rings. The van der Waals surface area contributed by atoms with Crippen molar-refractivity contribution < 1.29 is 13.2 Å². The third-order valence-corrected chi connectivity index (χ3v) is 7.04. The Labute approximate surface area is 162 Å². The summed E-state index contributed by atoms with van der Waals surface area (Å²) in [7, 11) is -3.78. The fraction of sp³-hybridized carbons (Fsp3) is 0.150. The van der Waals surface area contributed by atoms with E-state index < -0.39 is 16.1 Å². The van der Waals surface area contributed by atoms with Crippen LogP contribution in [0.3, 0.4) is 0 Å². The molecule has 0 spiro atoms. The van der Waals surface area contributed by atoms with Crippen molar-refractivity contribution in [2.24, 2.45) is 0 Å². The maximum absolute atomic E-state index is 13.1. The lowest BCUT2D eigenvalue weighted by Crippen LogP contribution is -2.29. The Kier molecular flexibility index (Phi) is 4.59. The van der Waals surface area contributed by atoms with Crippen LogP contribution in [0.2, 0.25) is 0 Å². The molecule has 0 bridgehead atoms. The van der Waals surface area contributed by atoms with Crippen LogP contribution in [-0.2, 0) is 14.8 Å². The van der Waals surface area contributed by atoms with Gasteiger partial charge in [-0.1, -0.05) is 36.4 Å². The third-order valence-electron chi connectivity index (χ3n) is 4.68. The van der Waals surface area contributed by atoms with E-state index in [1.165, 1.54) is 17.4 Å². The zero-order chi connectivity index (χ0) is 19.0. The highest BCUT2D eigenvalue weighted by molar-refractivity contribution is 7.89. The largest absolute Gasteiger partial charge is 0.325 e. The molecule has 2 aromatic carbocycles. The normalized spacial score (nSPS) is 17.4. The molecule has 4 rings (SSSR count). The fourth-order valence-electron chi connectivity index (χ4n) is 3.18. The second-order valence-electron chi connectivity index (χ2n) is 6.44. The fourth-order valence-corrected chi connectivity index (χ4v) is 5.29. The number of carbonyl (C=O) groups is 1. The van der Waals surface area contributed by atoms with Gasteiger partial charge in [0.15, 0.2) is 0 Å². The molecule has 1 aromatic heterocycles. The van der Waals surface area contributed by atoms with Crippen molar-refractivity contribution in [3.05, 3.63) is 82.0 Å². The van der Waals surface area contributed by atoms with Crippen LogP contribution in [0.4, 0.5) is 5.69 Å². The average molecular weight is 399 g/mol. The van der Waals surface area contributed by atoms with Gasteiger partial charge < -0.3 is 5.32 Å². The molecule has 1 aliphatic heterocycles. The summed E-state index contributed by atoms with van der Waals surface area (Å²) in [6, 6.07) is 17.6. The Hall–Kier alpha value is -2.48. The zero-order valence-electron chi connectivity index (χ0n) is 14.5. The van der Waals surface area contributed by atoms with Crippen LogP contribution in [0, 0.1) is 0 Å². The van der Waals surface area contributed by atoms with E-state index in [1.54, 1.807) is 19.1 Å². The van der Waals surface area contributed by atoms with Gasteiger partial charge in [0.05, 0.1) is 16.9 Å². The SMILES string of the molecule is C[C@@H]1C(=O)Nc2ccc(S(=O)(=O)N[C@@H](c3ccccc3)c3cccs3)cc21. The second-order valence-corrected chi connectivity index (χ2v) is 9.13. The maximum Gasteiger partial charge on any atom is 0.241 e. The standard InChI is InChI=1S/C20H18N2O3S2/c1-13-16-12-15(9-10-17(16)21-20(13)23)27(24,25)22-19(18-8-5-11-26-18)14-6-3-2-4-7-14/h2-13,19,22H,1H3,(H,21,23)/t13-,19-/m0/s1. The molecular formula is C20H18N2O3S2. The van der Waals surface area contributed by atoms with Gasteiger partial charge in [-0.05, 0) is 47.7 Å². The van der Waals surface area contributed by atoms with Crippen LogP contribution in [0.15, 0.2) is 70.9 Å². The number of fused-ring (bicyclic) bond motifs is 1. The molecule has 27 heavy (non-hydrogen) atoms. The molecule has 2 atom stereocenters. The van der Waals surface area contributed by atoms with Crippen LogP contribution >= 0.6 is 11.3 Å². The number of hydrogen-bond donors (Lipinski definition) is 2. The van der Waals surface area contributed by atoms with E-state index in [9.17, 15) is 13.2 Å². The molecule has 0 radical (unpaired) electrons. The minimum absolute atomic E-state index is 0.117. The summed E-state index contributed by atoms with van der Waals surface area (Å²) in [5.74, 6) is -0.481. The summed E-state index contributed by atoms with van der Waals surface area (Å²) in [6.07, 6.45) is 0. The van der Waals surface area contributed by atoms with Crippen molar-refractivity contribution >= 4 is 33.0 Å². The van der Waals surface area contributed by atoms with Crippen molar-refractivity contribution in [2.45, 2.75) is 23.8 Å². The van der Waals surface area contributed by atoms with Crippen LogP contribution in [0.25, 0.3) is 0 Å². The average Bonchev–Trinajstić information content (AvgIpc) is 3.29. The first-order valence-electron chi connectivity index (χ1n) is 8.51. The number of anilines is 1. The number of nitrogens with one attached hydrogen (secondary N) is 2. The predicted molar refractivity (Wildman–Crippen MR) is 106 cm³/mol. The first kappa shape index (κ1) is 17.9. The highest BCUT2D eigenvalue weighted by Crippen LogP contribution is 2.34.